The van der Waals surface area contributed by atoms with Gasteiger partial charge in [-0.3, -0.25) is 4.79 Å². The lowest BCUT2D eigenvalue weighted by Gasteiger charge is -2.32. The van der Waals surface area contributed by atoms with Crippen LogP contribution in [0.1, 0.15) is 32.1 Å². The minimum atomic E-state index is -1.47. The van der Waals surface area contributed by atoms with Gasteiger partial charge >= 0.3 is 0 Å². The SMILES string of the molecule is C[Si](C)(c1ccccc1)[C@H]1CCCCC(=O)C1. The van der Waals surface area contributed by atoms with Gasteiger partial charge in [0.25, 0.3) is 0 Å². The summed E-state index contributed by atoms with van der Waals surface area (Å²) in [7, 11) is -1.47. The van der Waals surface area contributed by atoms with Crippen molar-refractivity contribution in [1.29, 1.82) is 0 Å². The first-order chi connectivity index (χ1) is 8.10. The molecule has 2 rings (SSSR count). The average Bonchev–Trinajstić information content (AvgIpc) is 2.55. The van der Waals surface area contributed by atoms with Crippen molar-refractivity contribution in [3.63, 3.8) is 0 Å². The summed E-state index contributed by atoms with van der Waals surface area (Å²) in [6.07, 6.45) is 5.23. The van der Waals surface area contributed by atoms with Crippen LogP contribution in [0.5, 0.6) is 0 Å². The first-order valence-corrected chi connectivity index (χ1v) is 9.75. The van der Waals surface area contributed by atoms with Crippen LogP contribution in [0.3, 0.4) is 0 Å². The van der Waals surface area contributed by atoms with E-state index in [2.05, 4.69) is 43.4 Å². The molecule has 0 N–H and O–H groups in total. The Morgan fingerprint density at radius 2 is 1.82 bits per heavy atom. The lowest BCUT2D eigenvalue weighted by atomic mass is 10.2. The smallest absolute Gasteiger partial charge is 0.132 e. The Bertz CT molecular complexity index is 383. The molecule has 0 aromatic heterocycles. The van der Waals surface area contributed by atoms with Gasteiger partial charge in [0.1, 0.15) is 5.78 Å². The van der Waals surface area contributed by atoms with Gasteiger partial charge in [-0.05, 0) is 12.0 Å². The predicted molar refractivity (Wildman–Crippen MR) is 75.4 cm³/mol. The van der Waals surface area contributed by atoms with Crippen molar-refractivity contribution < 1.29 is 4.79 Å². The molecule has 1 aromatic rings. The Hall–Kier alpha value is -0.893. The fraction of sp³-hybridized carbons (Fsp3) is 0.533. The second-order valence-corrected chi connectivity index (χ2v) is 10.6. The largest absolute Gasteiger partial charge is 0.300 e. The highest BCUT2D eigenvalue weighted by Gasteiger charge is 2.35. The van der Waals surface area contributed by atoms with Gasteiger partial charge in [0.2, 0.25) is 0 Å². The van der Waals surface area contributed by atoms with E-state index in [0.717, 1.165) is 19.3 Å². The van der Waals surface area contributed by atoms with Gasteiger partial charge in [-0.2, -0.15) is 0 Å². The Morgan fingerprint density at radius 1 is 1.12 bits per heavy atom. The molecule has 1 nitrogen and oxygen atoms in total. The summed E-state index contributed by atoms with van der Waals surface area (Å²) in [6, 6.07) is 10.8. The zero-order valence-corrected chi connectivity index (χ0v) is 11.9. The van der Waals surface area contributed by atoms with Gasteiger partial charge in [0.15, 0.2) is 0 Å². The third-order valence-corrected chi connectivity index (χ3v) is 8.63. The molecule has 1 aliphatic carbocycles. The highest BCUT2D eigenvalue weighted by molar-refractivity contribution is 6.91. The Morgan fingerprint density at radius 3 is 2.53 bits per heavy atom. The highest BCUT2D eigenvalue weighted by atomic mass is 28.3. The van der Waals surface area contributed by atoms with Crippen molar-refractivity contribution in [3.05, 3.63) is 30.3 Å². The van der Waals surface area contributed by atoms with Crippen molar-refractivity contribution in [2.24, 2.45) is 0 Å². The van der Waals surface area contributed by atoms with Gasteiger partial charge in [0, 0.05) is 12.8 Å². The molecule has 0 radical (unpaired) electrons. The van der Waals surface area contributed by atoms with Crippen LogP contribution in [0.25, 0.3) is 0 Å². The molecular weight excluding hydrogens is 224 g/mol. The summed E-state index contributed by atoms with van der Waals surface area (Å²) in [5.41, 5.74) is 0.639. The van der Waals surface area contributed by atoms with E-state index in [-0.39, 0.29) is 0 Å². The molecule has 0 spiro atoms. The fourth-order valence-electron chi connectivity index (χ4n) is 2.91. The van der Waals surface area contributed by atoms with Crippen LogP contribution in [0.15, 0.2) is 30.3 Å². The van der Waals surface area contributed by atoms with E-state index in [1.807, 2.05) is 0 Å². The molecule has 0 bridgehead atoms. The molecule has 1 saturated carbocycles. The third kappa shape index (κ3) is 2.86. The molecule has 17 heavy (non-hydrogen) atoms. The van der Waals surface area contributed by atoms with Gasteiger partial charge < -0.3 is 0 Å². The van der Waals surface area contributed by atoms with E-state index < -0.39 is 8.07 Å². The standard InChI is InChI=1S/C15H22OSi/c1-17(2,14-9-4-3-5-10-14)15-11-7-6-8-13(16)12-15/h3-5,9-10,15H,6-8,11-12H2,1-2H3/t15-/m0/s1. The van der Waals surface area contributed by atoms with E-state index in [1.54, 1.807) is 0 Å². The summed E-state index contributed by atoms with van der Waals surface area (Å²) in [6.45, 7) is 4.84. The number of benzene rings is 1. The number of rotatable bonds is 2. The van der Waals surface area contributed by atoms with Gasteiger partial charge in [-0.1, -0.05) is 61.5 Å². The highest BCUT2D eigenvalue weighted by Crippen LogP contribution is 2.34. The molecule has 0 aliphatic heterocycles. The number of carbonyl (C=O) groups is 1. The van der Waals surface area contributed by atoms with Crippen LogP contribution in [0.4, 0.5) is 0 Å². The molecule has 0 amide bonds. The maximum Gasteiger partial charge on any atom is 0.132 e. The maximum absolute atomic E-state index is 11.8. The molecule has 92 valence electrons. The monoisotopic (exact) mass is 246 g/mol. The number of hydrogen-bond donors (Lipinski definition) is 0. The van der Waals surface area contributed by atoms with Crippen LogP contribution in [0, 0.1) is 0 Å². The summed E-state index contributed by atoms with van der Waals surface area (Å²) in [5.74, 6) is 0.490. The molecule has 0 heterocycles. The van der Waals surface area contributed by atoms with Crippen LogP contribution in [0.2, 0.25) is 18.6 Å². The number of Topliss-reactive ketones (excluding diaryl/α,β-unsaturated/α-hetero) is 1. The van der Waals surface area contributed by atoms with Gasteiger partial charge in [-0.15, -0.1) is 0 Å². The zero-order valence-electron chi connectivity index (χ0n) is 10.9. The van der Waals surface area contributed by atoms with Crippen molar-refractivity contribution in [2.75, 3.05) is 0 Å². The van der Waals surface area contributed by atoms with Gasteiger partial charge in [0.05, 0.1) is 8.07 Å². The first-order valence-electron chi connectivity index (χ1n) is 6.68. The number of hydrogen-bond acceptors (Lipinski definition) is 1. The van der Waals surface area contributed by atoms with E-state index >= 15 is 0 Å². The van der Waals surface area contributed by atoms with Crippen molar-refractivity contribution >= 4 is 19.0 Å². The lowest BCUT2D eigenvalue weighted by Crippen LogP contribution is -2.46. The normalized spacial score (nSPS) is 22.2. The molecule has 0 unspecified atom stereocenters. The molecular formula is C15H22OSi. The minimum Gasteiger partial charge on any atom is -0.300 e. The number of ketones is 1. The van der Waals surface area contributed by atoms with Crippen LogP contribution in [-0.2, 0) is 4.79 Å². The van der Waals surface area contributed by atoms with Crippen molar-refractivity contribution in [1.82, 2.24) is 0 Å². The van der Waals surface area contributed by atoms with Crippen LogP contribution in [-0.4, -0.2) is 13.9 Å². The van der Waals surface area contributed by atoms with Crippen LogP contribution < -0.4 is 5.19 Å². The number of carbonyl (C=O) groups excluding carboxylic acids is 1. The van der Waals surface area contributed by atoms with Gasteiger partial charge in [-0.25, -0.2) is 0 Å². The molecule has 1 fully saturated rings. The van der Waals surface area contributed by atoms with Crippen molar-refractivity contribution in [3.8, 4) is 0 Å². The quantitative estimate of drug-likeness (QED) is 0.576. The van der Waals surface area contributed by atoms with E-state index in [9.17, 15) is 4.79 Å². The van der Waals surface area contributed by atoms with E-state index in [0.29, 0.717) is 11.3 Å². The summed E-state index contributed by atoms with van der Waals surface area (Å²) >= 11 is 0. The average molecular weight is 246 g/mol. The van der Waals surface area contributed by atoms with E-state index in [1.165, 1.54) is 18.0 Å². The predicted octanol–water partition coefficient (Wildman–Crippen LogP) is 3.51. The molecule has 1 aromatic carbocycles. The maximum atomic E-state index is 11.8. The summed E-state index contributed by atoms with van der Waals surface area (Å²) < 4.78 is 0. The second kappa shape index (κ2) is 5.17. The van der Waals surface area contributed by atoms with Crippen LogP contribution >= 0.6 is 0 Å². The summed E-state index contributed by atoms with van der Waals surface area (Å²) in [5, 5.41) is 1.50. The second-order valence-electron chi connectivity index (χ2n) is 5.77. The Kier molecular flexibility index (Phi) is 3.82. The summed E-state index contributed by atoms with van der Waals surface area (Å²) in [4.78, 5) is 11.8. The van der Waals surface area contributed by atoms with E-state index in [4.69, 9.17) is 0 Å². The third-order valence-electron chi connectivity index (χ3n) is 4.27. The fourth-order valence-corrected chi connectivity index (χ4v) is 6.10. The Labute approximate surface area is 105 Å². The lowest BCUT2D eigenvalue weighted by molar-refractivity contribution is -0.118. The molecule has 0 saturated heterocycles. The molecule has 1 aliphatic rings. The molecule has 2 heteroatoms. The zero-order chi connectivity index (χ0) is 12.3. The van der Waals surface area contributed by atoms with Crippen molar-refractivity contribution in [2.45, 2.75) is 50.7 Å². The first kappa shape index (κ1) is 12.6. The minimum absolute atomic E-state index is 0.490. The topological polar surface area (TPSA) is 17.1 Å². The Balaban J connectivity index is 2.22. The molecule has 1 atom stereocenters.